The minimum absolute atomic E-state index is 0.537. The average molecular weight is 264 g/mol. The van der Waals surface area contributed by atoms with Crippen LogP contribution in [0.1, 0.15) is 5.56 Å². The van der Waals surface area contributed by atoms with Crippen LogP contribution < -0.4 is 5.73 Å². The highest BCUT2D eigenvalue weighted by Crippen LogP contribution is 2.35. The first kappa shape index (κ1) is 12.4. The van der Waals surface area contributed by atoms with Crippen LogP contribution in [0.15, 0.2) is 48.8 Å². The van der Waals surface area contributed by atoms with Gasteiger partial charge in [0.05, 0.1) is 11.3 Å². The zero-order valence-electron chi connectivity index (χ0n) is 11.5. The summed E-state index contributed by atoms with van der Waals surface area (Å²) in [4.78, 5) is 4.06. The van der Waals surface area contributed by atoms with Crippen LogP contribution in [0.4, 0.5) is 5.82 Å². The first-order valence-corrected chi connectivity index (χ1v) is 6.46. The van der Waals surface area contributed by atoms with E-state index < -0.39 is 0 Å². The minimum atomic E-state index is 0.537. The standard InChI is InChI=1S/C16H16N4/c1-11-4-3-5-13(10-11)15-14(16(17)19-20(15)2)12-6-8-18-9-7-12/h3-10H,1-2H3,(H2,17,19). The van der Waals surface area contributed by atoms with Crippen molar-refractivity contribution in [3.05, 3.63) is 54.4 Å². The van der Waals surface area contributed by atoms with Crippen molar-refractivity contribution in [2.24, 2.45) is 7.05 Å². The molecule has 3 aromatic rings. The zero-order valence-corrected chi connectivity index (χ0v) is 11.5. The molecule has 0 unspecified atom stereocenters. The molecule has 0 aliphatic heterocycles. The third kappa shape index (κ3) is 2.05. The van der Waals surface area contributed by atoms with Crippen LogP contribution in [0.5, 0.6) is 0 Å². The van der Waals surface area contributed by atoms with E-state index in [2.05, 4.69) is 35.2 Å². The molecule has 3 rings (SSSR count). The maximum absolute atomic E-state index is 6.10. The first-order valence-electron chi connectivity index (χ1n) is 6.46. The molecule has 0 aliphatic carbocycles. The zero-order chi connectivity index (χ0) is 14.1. The molecule has 20 heavy (non-hydrogen) atoms. The van der Waals surface area contributed by atoms with Crippen molar-refractivity contribution in [2.45, 2.75) is 6.92 Å². The van der Waals surface area contributed by atoms with Crippen molar-refractivity contribution in [3.8, 4) is 22.4 Å². The molecular weight excluding hydrogens is 248 g/mol. The Balaban J connectivity index is 2.26. The Labute approximate surface area is 117 Å². The highest BCUT2D eigenvalue weighted by molar-refractivity contribution is 5.88. The lowest BCUT2D eigenvalue weighted by molar-refractivity contribution is 0.780. The smallest absolute Gasteiger partial charge is 0.154 e. The summed E-state index contributed by atoms with van der Waals surface area (Å²) >= 11 is 0. The number of nitrogens with two attached hydrogens (primary N) is 1. The number of aryl methyl sites for hydroxylation is 2. The van der Waals surface area contributed by atoms with Gasteiger partial charge in [0.15, 0.2) is 5.82 Å². The molecule has 0 amide bonds. The lowest BCUT2D eigenvalue weighted by atomic mass is 10.0. The Morgan fingerprint density at radius 1 is 1.05 bits per heavy atom. The SMILES string of the molecule is Cc1cccc(-c2c(-c3ccncc3)c(N)nn2C)c1. The van der Waals surface area contributed by atoms with Crippen LogP contribution in [-0.2, 0) is 7.05 Å². The van der Waals surface area contributed by atoms with Gasteiger partial charge >= 0.3 is 0 Å². The summed E-state index contributed by atoms with van der Waals surface area (Å²) in [6.45, 7) is 2.08. The molecule has 0 radical (unpaired) electrons. The van der Waals surface area contributed by atoms with Gasteiger partial charge in [-0.3, -0.25) is 9.67 Å². The molecule has 0 atom stereocenters. The van der Waals surface area contributed by atoms with E-state index in [1.54, 1.807) is 12.4 Å². The molecule has 2 heterocycles. The number of nitrogens with zero attached hydrogens (tertiary/aromatic N) is 3. The quantitative estimate of drug-likeness (QED) is 0.774. The van der Waals surface area contributed by atoms with Crippen molar-refractivity contribution >= 4 is 5.82 Å². The predicted molar refractivity (Wildman–Crippen MR) is 81.0 cm³/mol. The molecule has 0 bridgehead atoms. The number of hydrogen-bond donors (Lipinski definition) is 1. The summed E-state index contributed by atoms with van der Waals surface area (Å²) in [6.07, 6.45) is 3.53. The second-order valence-electron chi connectivity index (χ2n) is 4.84. The highest BCUT2D eigenvalue weighted by Gasteiger charge is 2.17. The van der Waals surface area contributed by atoms with E-state index in [0.717, 1.165) is 22.4 Å². The Morgan fingerprint density at radius 3 is 2.50 bits per heavy atom. The van der Waals surface area contributed by atoms with Crippen molar-refractivity contribution < 1.29 is 0 Å². The molecule has 0 saturated heterocycles. The molecule has 1 aromatic carbocycles. The Kier molecular flexibility index (Phi) is 2.99. The van der Waals surface area contributed by atoms with Gasteiger partial charge in [-0.15, -0.1) is 0 Å². The Bertz CT molecular complexity index is 744. The van der Waals surface area contributed by atoms with E-state index in [1.165, 1.54) is 5.56 Å². The number of aromatic nitrogens is 3. The predicted octanol–water partition coefficient (Wildman–Crippen LogP) is 3.04. The normalized spacial score (nSPS) is 10.7. The summed E-state index contributed by atoms with van der Waals surface area (Å²) in [7, 11) is 1.92. The fraction of sp³-hybridized carbons (Fsp3) is 0.125. The fourth-order valence-corrected chi connectivity index (χ4v) is 2.47. The van der Waals surface area contributed by atoms with Gasteiger partial charge in [-0.1, -0.05) is 23.8 Å². The monoisotopic (exact) mass is 264 g/mol. The van der Waals surface area contributed by atoms with Crippen molar-refractivity contribution in [3.63, 3.8) is 0 Å². The summed E-state index contributed by atoms with van der Waals surface area (Å²) in [5.74, 6) is 0.537. The molecule has 0 saturated carbocycles. The van der Waals surface area contributed by atoms with E-state index in [0.29, 0.717) is 5.82 Å². The van der Waals surface area contributed by atoms with Crippen LogP contribution in [0.25, 0.3) is 22.4 Å². The highest BCUT2D eigenvalue weighted by atomic mass is 15.3. The second-order valence-corrected chi connectivity index (χ2v) is 4.84. The van der Waals surface area contributed by atoms with Gasteiger partial charge in [0.2, 0.25) is 0 Å². The number of anilines is 1. The maximum Gasteiger partial charge on any atom is 0.154 e. The number of hydrogen-bond acceptors (Lipinski definition) is 3. The largest absolute Gasteiger partial charge is 0.382 e. The van der Waals surface area contributed by atoms with Gasteiger partial charge in [-0.2, -0.15) is 5.10 Å². The van der Waals surface area contributed by atoms with Gasteiger partial charge in [0.1, 0.15) is 0 Å². The van der Waals surface area contributed by atoms with E-state index >= 15 is 0 Å². The fourth-order valence-electron chi connectivity index (χ4n) is 2.47. The van der Waals surface area contributed by atoms with Gasteiger partial charge in [-0.25, -0.2) is 0 Å². The average Bonchev–Trinajstić information content (AvgIpc) is 2.74. The van der Waals surface area contributed by atoms with E-state index in [9.17, 15) is 0 Å². The molecule has 0 fully saturated rings. The molecule has 2 N–H and O–H groups in total. The third-order valence-electron chi connectivity index (χ3n) is 3.33. The molecule has 2 aromatic heterocycles. The third-order valence-corrected chi connectivity index (χ3v) is 3.33. The topological polar surface area (TPSA) is 56.7 Å². The maximum atomic E-state index is 6.10. The van der Waals surface area contributed by atoms with Crippen LogP contribution >= 0.6 is 0 Å². The van der Waals surface area contributed by atoms with Gasteiger partial charge in [0, 0.05) is 25.0 Å². The van der Waals surface area contributed by atoms with E-state index in [1.807, 2.05) is 29.9 Å². The Morgan fingerprint density at radius 2 is 1.80 bits per heavy atom. The number of pyridine rings is 1. The summed E-state index contributed by atoms with van der Waals surface area (Å²) in [6, 6.07) is 12.2. The second kappa shape index (κ2) is 4.81. The lowest BCUT2D eigenvalue weighted by Crippen LogP contribution is -1.95. The van der Waals surface area contributed by atoms with Crippen molar-refractivity contribution in [2.75, 3.05) is 5.73 Å². The van der Waals surface area contributed by atoms with Crippen LogP contribution in [0.3, 0.4) is 0 Å². The summed E-state index contributed by atoms with van der Waals surface area (Å²) in [5.41, 5.74) is 11.4. The summed E-state index contributed by atoms with van der Waals surface area (Å²) < 4.78 is 1.83. The van der Waals surface area contributed by atoms with E-state index in [4.69, 9.17) is 5.73 Å². The van der Waals surface area contributed by atoms with Gasteiger partial charge in [-0.05, 0) is 30.7 Å². The molecule has 4 heteroatoms. The first-order chi connectivity index (χ1) is 9.66. The lowest BCUT2D eigenvalue weighted by Gasteiger charge is -2.07. The molecule has 0 aliphatic rings. The molecule has 4 nitrogen and oxygen atoms in total. The van der Waals surface area contributed by atoms with Crippen molar-refractivity contribution in [1.82, 2.24) is 14.8 Å². The van der Waals surface area contributed by atoms with Gasteiger partial charge < -0.3 is 5.73 Å². The van der Waals surface area contributed by atoms with Crippen molar-refractivity contribution in [1.29, 1.82) is 0 Å². The summed E-state index contributed by atoms with van der Waals surface area (Å²) in [5, 5.41) is 4.37. The van der Waals surface area contributed by atoms with Crippen LogP contribution in [-0.4, -0.2) is 14.8 Å². The Hall–Kier alpha value is -2.62. The van der Waals surface area contributed by atoms with Crippen LogP contribution in [0, 0.1) is 6.92 Å². The number of nitrogen functional groups attached to an aromatic ring is 1. The van der Waals surface area contributed by atoms with E-state index in [-0.39, 0.29) is 0 Å². The molecular formula is C16H16N4. The number of rotatable bonds is 2. The van der Waals surface area contributed by atoms with Gasteiger partial charge in [0.25, 0.3) is 0 Å². The molecule has 0 spiro atoms. The number of benzene rings is 1. The minimum Gasteiger partial charge on any atom is -0.382 e. The van der Waals surface area contributed by atoms with Crippen LogP contribution in [0.2, 0.25) is 0 Å². The molecule has 100 valence electrons.